The Morgan fingerprint density at radius 2 is 1.00 bits per heavy atom. The molecule has 0 radical (unpaired) electrons. The van der Waals surface area contributed by atoms with Crippen LogP contribution in [0.1, 0.15) is 0 Å². The van der Waals surface area contributed by atoms with Crippen molar-refractivity contribution in [3.05, 3.63) is 0 Å². The van der Waals surface area contributed by atoms with Crippen LogP contribution < -0.4 is 21.3 Å². The summed E-state index contributed by atoms with van der Waals surface area (Å²) in [6, 6.07) is 0. The molecule has 0 bridgehead atoms. The first-order valence-electron chi connectivity index (χ1n) is 3.83. The summed E-state index contributed by atoms with van der Waals surface area (Å²) in [7, 11) is 0. The lowest BCUT2D eigenvalue weighted by Crippen LogP contribution is -2.43. The van der Waals surface area contributed by atoms with Crippen LogP contribution in [0, 0.1) is 0 Å². The Bertz CT molecular complexity index is 42.9. The lowest BCUT2D eigenvalue weighted by Gasteiger charge is -2.12. The number of rotatable bonds is 0. The Balaban J connectivity index is 2.00. The molecule has 1 heterocycles. The van der Waals surface area contributed by atoms with E-state index in [1.807, 2.05) is 0 Å². The standard InChI is InChI=1S/C6H16N4/c1-3-8-5-10-6-9-4-2-7-1/h7-10H,1-6H2. The van der Waals surface area contributed by atoms with Gasteiger partial charge < -0.3 is 16.0 Å². The molecule has 1 aliphatic rings. The summed E-state index contributed by atoms with van der Waals surface area (Å²) >= 11 is 0. The molecule has 0 spiro atoms. The van der Waals surface area contributed by atoms with Crippen molar-refractivity contribution in [2.24, 2.45) is 0 Å². The molecule has 4 nitrogen and oxygen atoms in total. The molecule has 60 valence electrons. The van der Waals surface area contributed by atoms with Crippen molar-refractivity contribution >= 4 is 0 Å². The van der Waals surface area contributed by atoms with Crippen LogP contribution in [0.2, 0.25) is 0 Å². The second kappa shape index (κ2) is 5.61. The van der Waals surface area contributed by atoms with Crippen molar-refractivity contribution in [3.63, 3.8) is 0 Å². The monoisotopic (exact) mass is 144 g/mol. The summed E-state index contributed by atoms with van der Waals surface area (Å²) in [5.41, 5.74) is 0. The van der Waals surface area contributed by atoms with Gasteiger partial charge in [0.25, 0.3) is 0 Å². The molecule has 1 aliphatic heterocycles. The van der Waals surface area contributed by atoms with Crippen molar-refractivity contribution in [2.75, 3.05) is 39.5 Å². The fourth-order valence-corrected chi connectivity index (χ4v) is 0.895. The molecule has 4 N–H and O–H groups in total. The second-order valence-corrected chi connectivity index (χ2v) is 2.35. The van der Waals surface area contributed by atoms with Gasteiger partial charge in [-0.25, -0.2) is 0 Å². The van der Waals surface area contributed by atoms with Crippen molar-refractivity contribution in [1.29, 1.82) is 0 Å². The highest BCUT2D eigenvalue weighted by atomic mass is 15.2. The third-order valence-corrected chi connectivity index (χ3v) is 1.46. The van der Waals surface area contributed by atoms with Gasteiger partial charge in [0.05, 0.1) is 0 Å². The van der Waals surface area contributed by atoms with Crippen molar-refractivity contribution in [2.45, 2.75) is 0 Å². The SMILES string of the molecule is C1CNCNCNCCN1. The average molecular weight is 144 g/mol. The van der Waals surface area contributed by atoms with Crippen LogP contribution in [0.5, 0.6) is 0 Å². The normalized spacial score (nSPS) is 24.0. The molecule has 0 atom stereocenters. The maximum atomic E-state index is 3.30. The highest BCUT2D eigenvalue weighted by Crippen LogP contribution is 1.62. The van der Waals surface area contributed by atoms with Gasteiger partial charge in [-0.05, 0) is 0 Å². The van der Waals surface area contributed by atoms with E-state index in [0.717, 1.165) is 39.5 Å². The average Bonchev–Trinajstić information content (AvgIpc) is 2.01. The first-order valence-corrected chi connectivity index (χ1v) is 3.83. The Morgan fingerprint density at radius 1 is 0.500 bits per heavy atom. The molecular weight excluding hydrogens is 128 g/mol. The van der Waals surface area contributed by atoms with Gasteiger partial charge in [0.2, 0.25) is 0 Å². The van der Waals surface area contributed by atoms with Gasteiger partial charge in [0.15, 0.2) is 0 Å². The van der Waals surface area contributed by atoms with E-state index >= 15 is 0 Å². The largest absolute Gasteiger partial charge is 0.314 e. The van der Waals surface area contributed by atoms with E-state index in [1.165, 1.54) is 0 Å². The number of hydrogen-bond acceptors (Lipinski definition) is 4. The molecule has 0 aromatic rings. The number of hydrogen-bond donors (Lipinski definition) is 4. The summed E-state index contributed by atoms with van der Waals surface area (Å²) in [6.45, 7) is 6.01. The van der Waals surface area contributed by atoms with Crippen LogP contribution in [0.15, 0.2) is 0 Å². The Hall–Kier alpha value is -0.160. The zero-order valence-corrected chi connectivity index (χ0v) is 6.24. The van der Waals surface area contributed by atoms with Gasteiger partial charge >= 0.3 is 0 Å². The minimum absolute atomic E-state index is 0.898. The summed E-state index contributed by atoms with van der Waals surface area (Å²) in [4.78, 5) is 0. The van der Waals surface area contributed by atoms with Crippen LogP contribution in [-0.2, 0) is 0 Å². The highest BCUT2D eigenvalue weighted by Gasteiger charge is 1.91. The van der Waals surface area contributed by atoms with E-state index in [4.69, 9.17) is 0 Å². The van der Waals surface area contributed by atoms with Crippen LogP contribution in [-0.4, -0.2) is 39.5 Å². The zero-order valence-electron chi connectivity index (χ0n) is 6.24. The molecule has 10 heavy (non-hydrogen) atoms. The van der Waals surface area contributed by atoms with E-state index in [-0.39, 0.29) is 0 Å². The van der Waals surface area contributed by atoms with Gasteiger partial charge in [-0.2, -0.15) is 0 Å². The van der Waals surface area contributed by atoms with Crippen molar-refractivity contribution < 1.29 is 0 Å². The van der Waals surface area contributed by atoms with Gasteiger partial charge in [0, 0.05) is 39.5 Å². The van der Waals surface area contributed by atoms with E-state index in [2.05, 4.69) is 21.3 Å². The Labute approximate surface area is 61.8 Å². The summed E-state index contributed by atoms with van der Waals surface area (Å²) in [6.07, 6.45) is 0. The van der Waals surface area contributed by atoms with Crippen LogP contribution in [0.3, 0.4) is 0 Å². The molecule has 0 aromatic heterocycles. The topological polar surface area (TPSA) is 48.1 Å². The van der Waals surface area contributed by atoms with E-state index in [0.29, 0.717) is 0 Å². The van der Waals surface area contributed by atoms with Crippen LogP contribution in [0.25, 0.3) is 0 Å². The van der Waals surface area contributed by atoms with E-state index < -0.39 is 0 Å². The highest BCUT2D eigenvalue weighted by molar-refractivity contribution is 4.56. The predicted octanol–water partition coefficient (Wildman–Crippen LogP) is -1.73. The molecule has 0 amide bonds. The fourth-order valence-electron chi connectivity index (χ4n) is 0.895. The molecule has 0 unspecified atom stereocenters. The third kappa shape index (κ3) is 3.79. The number of nitrogens with one attached hydrogen (secondary N) is 4. The maximum Gasteiger partial charge on any atom is 0.0465 e. The molecule has 0 saturated carbocycles. The molecule has 0 aliphatic carbocycles. The van der Waals surface area contributed by atoms with Crippen molar-refractivity contribution in [1.82, 2.24) is 21.3 Å². The lowest BCUT2D eigenvalue weighted by molar-refractivity contribution is 0.491. The third-order valence-electron chi connectivity index (χ3n) is 1.46. The minimum atomic E-state index is 0.898. The van der Waals surface area contributed by atoms with Gasteiger partial charge in [-0.15, -0.1) is 0 Å². The molecular formula is C6H16N4. The zero-order chi connectivity index (χ0) is 7.07. The fraction of sp³-hybridized carbons (Fsp3) is 1.00. The van der Waals surface area contributed by atoms with Gasteiger partial charge in [-0.1, -0.05) is 0 Å². The Kier molecular flexibility index (Phi) is 4.46. The first-order chi connectivity index (χ1) is 5.00. The maximum absolute atomic E-state index is 3.30. The molecule has 4 heteroatoms. The first kappa shape index (κ1) is 7.94. The summed E-state index contributed by atoms with van der Waals surface area (Å²) < 4.78 is 0. The van der Waals surface area contributed by atoms with Crippen molar-refractivity contribution in [3.8, 4) is 0 Å². The van der Waals surface area contributed by atoms with E-state index in [9.17, 15) is 0 Å². The molecule has 0 aromatic carbocycles. The quantitative estimate of drug-likeness (QED) is 0.326. The Morgan fingerprint density at radius 3 is 1.60 bits per heavy atom. The lowest BCUT2D eigenvalue weighted by atomic mass is 10.5. The van der Waals surface area contributed by atoms with E-state index in [1.54, 1.807) is 0 Å². The smallest absolute Gasteiger partial charge is 0.0465 e. The van der Waals surface area contributed by atoms with Gasteiger partial charge in [0.1, 0.15) is 0 Å². The van der Waals surface area contributed by atoms with Crippen LogP contribution in [0.4, 0.5) is 0 Å². The van der Waals surface area contributed by atoms with Gasteiger partial charge in [-0.3, -0.25) is 5.32 Å². The molecule has 1 saturated heterocycles. The summed E-state index contributed by atoms with van der Waals surface area (Å²) in [5, 5.41) is 13.0. The molecule has 1 fully saturated rings. The predicted molar refractivity (Wildman–Crippen MR) is 41.7 cm³/mol. The molecule has 1 rings (SSSR count). The minimum Gasteiger partial charge on any atom is -0.314 e. The summed E-state index contributed by atoms with van der Waals surface area (Å²) in [5.74, 6) is 0. The second-order valence-electron chi connectivity index (χ2n) is 2.35. The van der Waals surface area contributed by atoms with Crippen LogP contribution >= 0.6 is 0 Å².